The van der Waals surface area contributed by atoms with E-state index >= 15 is 0 Å². The number of hydrogen-bond acceptors (Lipinski definition) is 5. The van der Waals surface area contributed by atoms with Crippen LogP contribution >= 0.6 is 0 Å². The minimum Gasteiger partial charge on any atom is -0.495 e. The van der Waals surface area contributed by atoms with Crippen LogP contribution in [0.2, 0.25) is 0 Å². The predicted octanol–water partition coefficient (Wildman–Crippen LogP) is 3.10. The van der Waals surface area contributed by atoms with Crippen LogP contribution in [-0.4, -0.2) is 50.3 Å². The fourth-order valence-corrected chi connectivity index (χ4v) is 2.99. The number of nitrogens with one attached hydrogen (secondary N) is 1. The molecule has 0 aromatic heterocycles. The van der Waals surface area contributed by atoms with Crippen LogP contribution in [0.5, 0.6) is 17.2 Å². The normalized spacial score (nSPS) is 16.7. The molecule has 0 radical (unpaired) electrons. The van der Waals surface area contributed by atoms with Crippen molar-refractivity contribution in [1.29, 1.82) is 0 Å². The Balaban J connectivity index is 1.60. The van der Waals surface area contributed by atoms with Crippen LogP contribution in [0.1, 0.15) is 12.5 Å². The van der Waals surface area contributed by atoms with Crippen LogP contribution in [-0.2, 0) is 4.79 Å². The van der Waals surface area contributed by atoms with E-state index in [0.717, 1.165) is 17.1 Å². The van der Waals surface area contributed by atoms with Crippen molar-refractivity contribution in [3.63, 3.8) is 0 Å². The molecule has 0 aliphatic carbocycles. The molecule has 144 valence electrons. The first-order chi connectivity index (χ1) is 13.0. The molecular weight excluding hydrogens is 344 g/mol. The van der Waals surface area contributed by atoms with Crippen molar-refractivity contribution in [2.75, 3.05) is 32.6 Å². The van der Waals surface area contributed by atoms with Crippen molar-refractivity contribution in [3.8, 4) is 17.2 Å². The maximum absolute atomic E-state index is 12.7. The lowest BCUT2D eigenvalue weighted by Gasteiger charge is -2.31. The van der Waals surface area contributed by atoms with Gasteiger partial charge in [0.2, 0.25) is 5.91 Å². The highest BCUT2D eigenvalue weighted by molar-refractivity contribution is 5.95. The second kappa shape index (κ2) is 8.31. The number of carbonyl (C=O) groups is 1. The number of nitrogens with zero attached hydrogens (tertiary/aromatic N) is 1. The maximum atomic E-state index is 12.7. The van der Waals surface area contributed by atoms with Gasteiger partial charge in [-0.1, -0.05) is 18.2 Å². The zero-order valence-corrected chi connectivity index (χ0v) is 16.2. The number of para-hydroxylation sites is 2. The van der Waals surface area contributed by atoms with Crippen molar-refractivity contribution in [3.05, 3.63) is 48.0 Å². The van der Waals surface area contributed by atoms with Gasteiger partial charge in [0.25, 0.3) is 0 Å². The van der Waals surface area contributed by atoms with Crippen LogP contribution in [0.25, 0.3) is 0 Å². The molecule has 2 aromatic carbocycles. The minimum atomic E-state index is -0.337. The molecule has 1 heterocycles. The SMILES string of the molecule is COc1ccc(C)cc1NC(=O)C(C)N(C)CC1COc2ccccc2O1. The van der Waals surface area contributed by atoms with Crippen LogP contribution in [0.15, 0.2) is 42.5 Å². The highest BCUT2D eigenvalue weighted by atomic mass is 16.6. The Morgan fingerprint density at radius 2 is 2.04 bits per heavy atom. The molecule has 6 nitrogen and oxygen atoms in total. The van der Waals surface area contributed by atoms with Crippen LogP contribution in [0.4, 0.5) is 5.69 Å². The summed E-state index contributed by atoms with van der Waals surface area (Å²) in [5.41, 5.74) is 1.73. The number of methoxy groups -OCH3 is 1. The first kappa shape index (κ1) is 19.0. The standard InChI is InChI=1S/C21H26N2O4/c1-14-9-10-18(25-4)17(11-14)22-21(24)15(2)23(3)12-16-13-26-19-7-5-6-8-20(19)27-16/h5-11,15-16H,12-13H2,1-4H3,(H,22,24). The summed E-state index contributed by atoms with van der Waals surface area (Å²) in [6.45, 7) is 4.88. The molecule has 1 aliphatic heterocycles. The summed E-state index contributed by atoms with van der Waals surface area (Å²) in [6, 6.07) is 13.0. The molecule has 3 rings (SSSR count). The highest BCUT2D eigenvalue weighted by Crippen LogP contribution is 2.31. The second-order valence-corrected chi connectivity index (χ2v) is 6.81. The molecule has 2 aromatic rings. The minimum absolute atomic E-state index is 0.0986. The van der Waals surface area contributed by atoms with Gasteiger partial charge in [0, 0.05) is 6.54 Å². The van der Waals surface area contributed by atoms with E-state index in [1.54, 1.807) is 7.11 Å². The number of anilines is 1. The van der Waals surface area contributed by atoms with Crippen molar-refractivity contribution in [2.45, 2.75) is 26.0 Å². The molecule has 6 heteroatoms. The summed E-state index contributed by atoms with van der Waals surface area (Å²) in [6.07, 6.45) is -0.131. The van der Waals surface area contributed by atoms with Gasteiger partial charge in [0.1, 0.15) is 18.5 Å². The van der Waals surface area contributed by atoms with E-state index in [1.165, 1.54) is 0 Å². The summed E-state index contributed by atoms with van der Waals surface area (Å²) in [5, 5.41) is 2.96. The quantitative estimate of drug-likeness (QED) is 0.847. The molecule has 0 saturated heterocycles. The molecular formula is C21H26N2O4. The van der Waals surface area contributed by atoms with Crippen molar-refractivity contribution in [2.24, 2.45) is 0 Å². The molecule has 0 fully saturated rings. The lowest BCUT2D eigenvalue weighted by Crippen LogP contribution is -2.46. The first-order valence-corrected chi connectivity index (χ1v) is 9.02. The van der Waals surface area contributed by atoms with Gasteiger partial charge in [-0.3, -0.25) is 9.69 Å². The van der Waals surface area contributed by atoms with Crippen molar-refractivity contribution < 1.29 is 19.0 Å². The summed E-state index contributed by atoms with van der Waals surface area (Å²) < 4.78 is 17.1. The summed E-state index contributed by atoms with van der Waals surface area (Å²) >= 11 is 0. The van der Waals surface area contributed by atoms with E-state index in [-0.39, 0.29) is 18.1 Å². The maximum Gasteiger partial charge on any atom is 0.241 e. The van der Waals surface area contributed by atoms with Crippen LogP contribution in [0, 0.1) is 6.92 Å². The Bertz CT molecular complexity index is 809. The number of hydrogen-bond donors (Lipinski definition) is 1. The van der Waals surface area contributed by atoms with Gasteiger partial charge in [-0.25, -0.2) is 0 Å². The Hall–Kier alpha value is -2.73. The van der Waals surface area contributed by atoms with E-state index in [9.17, 15) is 4.79 Å². The third-order valence-corrected chi connectivity index (χ3v) is 4.71. The zero-order valence-electron chi connectivity index (χ0n) is 16.2. The Labute approximate surface area is 160 Å². The van der Waals surface area contributed by atoms with Gasteiger partial charge < -0.3 is 19.5 Å². The average molecular weight is 370 g/mol. The fourth-order valence-electron chi connectivity index (χ4n) is 2.99. The number of ether oxygens (including phenoxy) is 3. The smallest absolute Gasteiger partial charge is 0.241 e. The predicted molar refractivity (Wildman–Crippen MR) is 105 cm³/mol. The van der Waals surface area contributed by atoms with Crippen molar-refractivity contribution in [1.82, 2.24) is 4.90 Å². The number of benzene rings is 2. The molecule has 0 spiro atoms. The molecule has 2 unspecified atom stereocenters. The van der Waals surface area contributed by atoms with E-state index in [4.69, 9.17) is 14.2 Å². The Kier molecular flexibility index (Phi) is 5.86. The number of amides is 1. The van der Waals surface area contributed by atoms with Crippen LogP contribution < -0.4 is 19.5 Å². The van der Waals surface area contributed by atoms with Crippen molar-refractivity contribution >= 4 is 11.6 Å². The first-order valence-electron chi connectivity index (χ1n) is 9.02. The second-order valence-electron chi connectivity index (χ2n) is 6.81. The Morgan fingerprint density at radius 3 is 2.78 bits per heavy atom. The molecule has 1 amide bonds. The molecule has 0 bridgehead atoms. The largest absolute Gasteiger partial charge is 0.495 e. The summed E-state index contributed by atoms with van der Waals surface area (Å²) in [5.74, 6) is 2.04. The van der Waals surface area contributed by atoms with Gasteiger partial charge in [0.05, 0.1) is 18.8 Å². The molecule has 0 saturated carbocycles. The van der Waals surface area contributed by atoms with E-state index in [1.807, 2.05) is 68.3 Å². The Morgan fingerprint density at radius 1 is 1.30 bits per heavy atom. The molecule has 27 heavy (non-hydrogen) atoms. The molecule has 1 aliphatic rings. The highest BCUT2D eigenvalue weighted by Gasteiger charge is 2.26. The summed E-state index contributed by atoms with van der Waals surface area (Å²) in [7, 11) is 3.50. The monoisotopic (exact) mass is 370 g/mol. The zero-order chi connectivity index (χ0) is 19.4. The van der Waals surface area contributed by atoms with E-state index in [2.05, 4.69) is 5.32 Å². The van der Waals surface area contributed by atoms with Gasteiger partial charge in [0.15, 0.2) is 11.5 Å². The lowest BCUT2D eigenvalue weighted by molar-refractivity contribution is -0.120. The van der Waals surface area contributed by atoms with E-state index < -0.39 is 0 Å². The fraction of sp³-hybridized carbons (Fsp3) is 0.381. The number of fused-ring (bicyclic) bond motifs is 1. The topological polar surface area (TPSA) is 60.0 Å². The number of rotatable bonds is 6. The number of aryl methyl sites for hydroxylation is 1. The van der Waals surface area contributed by atoms with Gasteiger partial charge >= 0.3 is 0 Å². The average Bonchev–Trinajstić information content (AvgIpc) is 2.67. The van der Waals surface area contributed by atoms with Gasteiger partial charge in [-0.15, -0.1) is 0 Å². The number of likely N-dealkylation sites (N-methyl/N-ethyl adjacent to an activating group) is 1. The third-order valence-electron chi connectivity index (χ3n) is 4.71. The van der Waals surface area contributed by atoms with E-state index in [0.29, 0.717) is 24.6 Å². The van der Waals surface area contributed by atoms with Gasteiger partial charge in [-0.05, 0) is 50.7 Å². The molecule has 1 N–H and O–H groups in total. The molecule has 2 atom stereocenters. The lowest BCUT2D eigenvalue weighted by atomic mass is 10.2. The van der Waals surface area contributed by atoms with Crippen LogP contribution in [0.3, 0.4) is 0 Å². The third kappa shape index (κ3) is 4.52. The van der Waals surface area contributed by atoms with Gasteiger partial charge in [-0.2, -0.15) is 0 Å². The summed E-state index contributed by atoms with van der Waals surface area (Å²) in [4.78, 5) is 14.7. The number of carbonyl (C=O) groups excluding carboxylic acids is 1.